The third kappa shape index (κ3) is 8.75. The van der Waals surface area contributed by atoms with Crippen molar-refractivity contribution >= 4 is 21.8 Å². The Morgan fingerprint density at radius 3 is 2.29 bits per heavy atom. The van der Waals surface area contributed by atoms with Gasteiger partial charge in [0.25, 0.3) is 0 Å². The summed E-state index contributed by atoms with van der Waals surface area (Å²) in [4.78, 5) is 4.77. The Labute approximate surface area is 340 Å². The molecule has 3 heterocycles. The zero-order chi connectivity index (χ0) is 38.1. The summed E-state index contributed by atoms with van der Waals surface area (Å²) in [6.45, 7) is 19.8. The first kappa shape index (κ1) is 40.0. The van der Waals surface area contributed by atoms with Crippen molar-refractivity contribution < 1.29 is 29.9 Å². The molecule has 6 nitrogen and oxygen atoms in total. The van der Waals surface area contributed by atoms with Crippen LogP contribution in [0, 0.1) is 24.5 Å². The molecule has 3 aromatic heterocycles. The Hall–Kier alpha value is -4.70. The number of hydrogen-bond donors (Lipinski definition) is 0. The van der Waals surface area contributed by atoms with Gasteiger partial charge in [0.05, 0.1) is 11.8 Å². The van der Waals surface area contributed by atoms with Crippen molar-refractivity contribution in [3.05, 3.63) is 126 Å². The summed E-state index contributed by atoms with van der Waals surface area (Å²) in [5, 5.41) is 7.55. The molecule has 0 spiro atoms. The topological polar surface area (TPSA) is 54.1 Å². The normalized spacial score (nSPS) is 11.8. The molecule has 7 rings (SSSR count). The number of aryl methyl sites for hydroxylation is 2. The molecule has 4 aromatic carbocycles. The number of benzene rings is 4. The van der Waals surface area contributed by atoms with Crippen LogP contribution >= 0.6 is 0 Å². The Morgan fingerprint density at radius 1 is 0.818 bits per heavy atom. The largest absolute Gasteiger partial charge is 2.00 e. The molecule has 0 radical (unpaired) electrons. The van der Waals surface area contributed by atoms with E-state index in [1.165, 1.54) is 22.4 Å². The number of para-hydroxylation sites is 1. The van der Waals surface area contributed by atoms with Crippen LogP contribution < -0.4 is 9.47 Å². The van der Waals surface area contributed by atoms with Gasteiger partial charge in [-0.1, -0.05) is 102 Å². The molecule has 0 saturated heterocycles. The fourth-order valence-corrected chi connectivity index (χ4v) is 7.10. The maximum Gasteiger partial charge on any atom is 2.00 e. The summed E-state index contributed by atoms with van der Waals surface area (Å²) < 4.78 is 17.1. The van der Waals surface area contributed by atoms with E-state index in [-0.39, 0.29) is 37.9 Å². The SMILES string of the molecule is CCCc1nn(-c2[c-]c(Oc3[c-]c4c(cc3)c3ccccc3n4-c3cc(OC(C)C)ccn3)cc(C(C)C)c2)c(CCC(C)(C)C)c1-c1ccc(C)cc1.[Pd+2]. The van der Waals surface area contributed by atoms with E-state index in [1.807, 2.05) is 32.0 Å². The monoisotopic (exact) mass is 822 g/mol. The second kappa shape index (κ2) is 16.6. The molecule has 55 heavy (non-hydrogen) atoms. The molecule has 0 aliphatic carbocycles. The van der Waals surface area contributed by atoms with Gasteiger partial charge in [0.15, 0.2) is 0 Å². The Morgan fingerprint density at radius 2 is 1.58 bits per heavy atom. The van der Waals surface area contributed by atoms with E-state index in [2.05, 4.69) is 137 Å². The molecule has 0 aliphatic heterocycles. The number of nitrogens with zero attached hydrogens (tertiary/aromatic N) is 4. The quantitative estimate of drug-likeness (QED) is 0.0910. The van der Waals surface area contributed by atoms with Crippen molar-refractivity contribution in [1.29, 1.82) is 0 Å². The predicted molar refractivity (Wildman–Crippen MR) is 222 cm³/mol. The third-order valence-electron chi connectivity index (χ3n) is 9.83. The number of ether oxygens (including phenoxy) is 2. The minimum Gasteiger partial charge on any atom is -0.509 e. The second-order valence-corrected chi connectivity index (χ2v) is 16.2. The predicted octanol–water partition coefficient (Wildman–Crippen LogP) is 12.6. The molecule has 7 aromatic rings. The number of rotatable bonds is 12. The van der Waals surface area contributed by atoms with Crippen LogP contribution in [0.5, 0.6) is 17.2 Å². The van der Waals surface area contributed by atoms with Gasteiger partial charge >= 0.3 is 20.4 Å². The van der Waals surface area contributed by atoms with Crippen LogP contribution in [0.15, 0.2) is 91.1 Å². The van der Waals surface area contributed by atoms with Gasteiger partial charge < -0.3 is 14.0 Å². The van der Waals surface area contributed by atoms with Crippen molar-refractivity contribution in [1.82, 2.24) is 19.3 Å². The second-order valence-electron chi connectivity index (χ2n) is 16.2. The minimum absolute atomic E-state index is 0. The van der Waals surface area contributed by atoms with E-state index in [1.54, 1.807) is 6.20 Å². The number of fused-ring (bicyclic) bond motifs is 3. The fraction of sp³-hybridized carbons (Fsp3) is 0.333. The van der Waals surface area contributed by atoms with Crippen LogP contribution in [-0.2, 0) is 33.3 Å². The first-order chi connectivity index (χ1) is 25.9. The molecule has 0 N–H and O–H groups in total. The standard InChI is InChI=1S/C48H52N4O2.Pd/c1-10-13-42-47(34-18-16-33(6)17-19-34)44(22-24-48(7,8)9)52(50-42)36-26-35(31(2)3)27-39(28-36)54-37-20-21-41-40-14-11-12-15-43(40)51(45(41)29-37)46-30-38(23-25-49-46)53-32(4)5;/h11-12,14-21,23,25-27,30-32H,10,13,22,24H2,1-9H3;/q-2;+2. The third-order valence-corrected chi connectivity index (χ3v) is 9.83. The Bertz CT molecular complexity index is 2410. The van der Waals surface area contributed by atoms with Gasteiger partial charge in [0.2, 0.25) is 0 Å². The first-order valence-electron chi connectivity index (χ1n) is 19.4. The summed E-state index contributed by atoms with van der Waals surface area (Å²) in [6.07, 6.45) is 5.68. The Kier molecular flexibility index (Phi) is 12.0. The van der Waals surface area contributed by atoms with E-state index < -0.39 is 0 Å². The van der Waals surface area contributed by atoms with Crippen LogP contribution in [0.3, 0.4) is 0 Å². The molecular weight excluding hydrogens is 771 g/mol. The van der Waals surface area contributed by atoms with Gasteiger partial charge in [0.1, 0.15) is 11.6 Å². The van der Waals surface area contributed by atoms with E-state index in [0.29, 0.717) is 11.5 Å². The van der Waals surface area contributed by atoms with Gasteiger partial charge in [-0.3, -0.25) is 4.68 Å². The maximum atomic E-state index is 6.73. The maximum absolute atomic E-state index is 6.73. The zero-order valence-corrected chi connectivity index (χ0v) is 35.1. The minimum atomic E-state index is 0. The Balaban J connectivity index is 0.00000514. The molecule has 0 unspecified atom stereocenters. The van der Waals surface area contributed by atoms with Gasteiger partial charge in [0, 0.05) is 40.5 Å². The van der Waals surface area contributed by atoms with Crippen LogP contribution in [0.1, 0.15) is 96.7 Å². The van der Waals surface area contributed by atoms with Gasteiger partial charge in [-0.2, -0.15) is 11.2 Å². The average Bonchev–Trinajstić information content (AvgIpc) is 3.66. The molecule has 0 aliphatic rings. The molecule has 0 bridgehead atoms. The van der Waals surface area contributed by atoms with Crippen molar-refractivity contribution in [2.24, 2.45) is 5.41 Å². The average molecular weight is 823 g/mol. The van der Waals surface area contributed by atoms with E-state index >= 15 is 0 Å². The summed E-state index contributed by atoms with van der Waals surface area (Å²) >= 11 is 0. The summed E-state index contributed by atoms with van der Waals surface area (Å²) in [5.41, 5.74) is 10.2. The van der Waals surface area contributed by atoms with Crippen LogP contribution in [0.25, 0.3) is 44.4 Å². The molecule has 7 heteroatoms. The summed E-state index contributed by atoms with van der Waals surface area (Å²) in [6, 6.07) is 36.9. The molecule has 0 amide bonds. The van der Waals surface area contributed by atoms with Crippen LogP contribution in [0.4, 0.5) is 0 Å². The van der Waals surface area contributed by atoms with Gasteiger partial charge in [-0.25, -0.2) is 4.98 Å². The summed E-state index contributed by atoms with van der Waals surface area (Å²) in [5.74, 6) is 3.03. The number of hydrogen-bond acceptors (Lipinski definition) is 4. The van der Waals surface area contributed by atoms with Gasteiger partial charge in [-0.05, 0) is 80.1 Å². The van der Waals surface area contributed by atoms with Gasteiger partial charge in [-0.15, -0.1) is 41.3 Å². The molecule has 0 atom stereocenters. The molecule has 286 valence electrons. The number of pyridine rings is 1. The van der Waals surface area contributed by atoms with Crippen molar-refractivity contribution in [2.45, 2.75) is 100 Å². The van der Waals surface area contributed by atoms with Crippen molar-refractivity contribution in [3.63, 3.8) is 0 Å². The van der Waals surface area contributed by atoms with Crippen LogP contribution in [-0.4, -0.2) is 25.4 Å². The summed E-state index contributed by atoms with van der Waals surface area (Å²) in [7, 11) is 0. The van der Waals surface area contributed by atoms with Crippen LogP contribution in [0.2, 0.25) is 0 Å². The van der Waals surface area contributed by atoms with Crippen molar-refractivity contribution in [2.75, 3.05) is 0 Å². The van der Waals surface area contributed by atoms with Crippen molar-refractivity contribution in [3.8, 4) is 39.9 Å². The van der Waals surface area contributed by atoms with E-state index in [0.717, 1.165) is 76.0 Å². The van der Waals surface area contributed by atoms with E-state index in [9.17, 15) is 0 Å². The molecule has 0 saturated carbocycles. The number of aromatic nitrogens is 4. The fourth-order valence-electron chi connectivity index (χ4n) is 7.10. The molecular formula is C48H52N4O2Pd. The first-order valence-corrected chi connectivity index (χ1v) is 19.4. The molecule has 0 fully saturated rings. The van der Waals surface area contributed by atoms with E-state index in [4.69, 9.17) is 19.6 Å². The zero-order valence-electron chi connectivity index (χ0n) is 33.6. The smallest absolute Gasteiger partial charge is 0.509 e.